The van der Waals surface area contributed by atoms with E-state index in [0.717, 1.165) is 0 Å². The van der Waals surface area contributed by atoms with Gasteiger partial charge < -0.3 is 21.1 Å². The second kappa shape index (κ2) is 7.50. The van der Waals surface area contributed by atoms with E-state index in [1.807, 2.05) is 0 Å². The van der Waals surface area contributed by atoms with E-state index in [-0.39, 0.29) is 11.8 Å². The van der Waals surface area contributed by atoms with Gasteiger partial charge in [-0.15, -0.1) is 0 Å². The fraction of sp³-hybridized carbons (Fsp3) is 0.385. The third-order valence-electron chi connectivity index (χ3n) is 2.43. The molecule has 0 heterocycles. The van der Waals surface area contributed by atoms with Gasteiger partial charge in [0, 0.05) is 13.7 Å². The van der Waals surface area contributed by atoms with E-state index in [1.165, 1.54) is 0 Å². The maximum absolute atomic E-state index is 11.9. The summed E-state index contributed by atoms with van der Waals surface area (Å²) >= 11 is 0. The third-order valence-corrected chi connectivity index (χ3v) is 2.43. The monoisotopic (exact) mass is 265 g/mol. The van der Waals surface area contributed by atoms with Crippen molar-refractivity contribution in [3.05, 3.63) is 29.8 Å². The summed E-state index contributed by atoms with van der Waals surface area (Å²) in [6.07, 6.45) is 0. The summed E-state index contributed by atoms with van der Waals surface area (Å²) in [5.41, 5.74) is 6.32. The Morgan fingerprint density at radius 2 is 2.05 bits per heavy atom. The van der Waals surface area contributed by atoms with Gasteiger partial charge in [0.25, 0.3) is 5.91 Å². The van der Waals surface area contributed by atoms with Crippen molar-refractivity contribution in [3.63, 3.8) is 0 Å². The molecule has 1 atom stereocenters. The first-order chi connectivity index (χ1) is 9.06. The number of amides is 2. The molecule has 0 spiro atoms. The van der Waals surface area contributed by atoms with Crippen LogP contribution in [0.15, 0.2) is 24.3 Å². The molecule has 0 fully saturated rings. The van der Waals surface area contributed by atoms with Crippen LogP contribution in [0.2, 0.25) is 0 Å². The number of ether oxygens (including phenoxy) is 1. The van der Waals surface area contributed by atoms with E-state index in [4.69, 9.17) is 10.5 Å². The van der Waals surface area contributed by atoms with Gasteiger partial charge in [0.15, 0.2) is 0 Å². The Labute approximate surface area is 112 Å². The first-order valence-corrected chi connectivity index (χ1v) is 5.99. The van der Waals surface area contributed by atoms with Gasteiger partial charge in [0.1, 0.15) is 0 Å². The Kier molecular flexibility index (Phi) is 5.98. The van der Waals surface area contributed by atoms with Gasteiger partial charge in [-0.2, -0.15) is 0 Å². The minimum Gasteiger partial charge on any atom is -0.383 e. The normalized spacial score (nSPS) is 11.7. The van der Waals surface area contributed by atoms with E-state index < -0.39 is 6.04 Å². The quantitative estimate of drug-likeness (QED) is 0.647. The van der Waals surface area contributed by atoms with Gasteiger partial charge in [0.2, 0.25) is 5.91 Å². The molecule has 104 valence electrons. The standard InChI is InChI=1S/C13H19N3O3/c1-9(14)12(17)16-11-6-4-3-5-10(11)13(18)15-7-8-19-2/h3-6,9H,7-8,14H2,1-2H3,(H,15,18)(H,16,17)/t9-/m1/s1. The molecule has 0 aliphatic rings. The number of benzene rings is 1. The highest BCUT2D eigenvalue weighted by Gasteiger charge is 2.14. The van der Waals surface area contributed by atoms with Crippen molar-refractivity contribution in [2.24, 2.45) is 5.73 Å². The Bertz CT molecular complexity index is 447. The van der Waals surface area contributed by atoms with E-state index in [9.17, 15) is 9.59 Å². The predicted octanol–water partition coefficient (Wildman–Crippen LogP) is 0.349. The number of nitrogens with one attached hydrogen (secondary N) is 2. The maximum Gasteiger partial charge on any atom is 0.253 e. The van der Waals surface area contributed by atoms with Crippen molar-refractivity contribution in [1.82, 2.24) is 5.32 Å². The van der Waals surface area contributed by atoms with Crippen LogP contribution in [0.3, 0.4) is 0 Å². The summed E-state index contributed by atoms with van der Waals surface area (Å²) in [7, 11) is 1.56. The van der Waals surface area contributed by atoms with Gasteiger partial charge in [-0.3, -0.25) is 9.59 Å². The molecule has 6 heteroatoms. The highest BCUT2D eigenvalue weighted by Crippen LogP contribution is 2.14. The minimum absolute atomic E-state index is 0.266. The molecule has 0 saturated heterocycles. The van der Waals surface area contributed by atoms with Crippen LogP contribution in [-0.4, -0.2) is 38.1 Å². The number of hydrogen-bond acceptors (Lipinski definition) is 4. The maximum atomic E-state index is 11.9. The van der Waals surface area contributed by atoms with Crippen molar-refractivity contribution in [3.8, 4) is 0 Å². The number of methoxy groups -OCH3 is 1. The molecule has 0 bridgehead atoms. The Morgan fingerprint density at radius 1 is 1.37 bits per heavy atom. The van der Waals surface area contributed by atoms with Crippen molar-refractivity contribution in [2.45, 2.75) is 13.0 Å². The molecule has 0 aliphatic carbocycles. The lowest BCUT2D eigenvalue weighted by Crippen LogP contribution is -2.34. The van der Waals surface area contributed by atoms with E-state index in [1.54, 1.807) is 38.3 Å². The topological polar surface area (TPSA) is 93.5 Å². The van der Waals surface area contributed by atoms with Crippen LogP contribution in [0.25, 0.3) is 0 Å². The number of carbonyl (C=O) groups is 2. The molecule has 0 radical (unpaired) electrons. The second-order valence-corrected chi connectivity index (χ2v) is 4.07. The lowest BCUT2D eigenvalue weighted by Gasteiger charge is -2.12. The molecule has 0 saturated carbocycles. The molecule has 0 aliphatic heterocycles. The number of para-hydroxylation sites is 1. The molecule has 1 rings (SSSR count). The molecular formula is C13H19N3O3. The van der Waals surface area contributed by atoms with Crippen LogP contribution >= 0.6 is 0 Å². The average Bonchev–Trinajstić information content (AvgIpc) is 2.39. The number of hydrogen-bond donors (Lipinski definition) is 3. The second-order valence-electron chi connectivity index (χ2n) is 4.07. The number of carbonyl (C=O) groups excluding carboxylic acids is 2. The smallest absolute Gasteiger partial charge is 0.253 e. The molecule has 0 aromatic heterocycles. The van der Waals surface area contributed by atoms with Crippen molar-refractivity contribution in [2.75, 3.05) is 25.6 Å². The first kappa shape index (κ1) is 15.1. The SMILES string of the molecule is COCCNC(=O)c1ccccc1NC(=O)[C@@H](C)N. The number of anilines is 1. The lowest BCUT2D eigenvalue weighted by molar-refractivity contribution is -0.117. The summed E-state index contributed by atoms with van der Waals surface area (Å²) in [5, 5.41) is 5.32. The molecule has 1 aromatic carbocycles. The molecule has 2 amide bonds. The van der Waals surface area contributed by atoms with Crippen molar-refractivity contribution < 1.29 is 14.3 Å². The zero-order chi connectivity index (χ0) is 14.3. The molecule has 1 aromatic rings. The van der Waals surface area contributed by atoms with Crippen LogP contribution in [0.4, 0.5) is 5.69 Å². The summed E-state index contributed by atoms with van der Waals surface area (Å²) in [5.74, 6) is -0.602. The van der Waals surface area contributed by atoms with Gasteiger partial charge in [0.05, 0.1) is 23.9 Å². The van der Waals surface area contributed by atoms with Gasteiger partial charge in [-0.25, -0.2) is 0 Å². The molecular weight excluding hydrogens is 246 g/mol. The van der Waals surface area contributed by atoms with E-state index in [0.29, 0.717) is 24.4 Å². The minimum atomic E-state index is -0.635. The van der Waals surface area contributed by atoms with Gasteiger partial charge in [-0.05, 0) is 19.1 Å². The zero-order valence-corrected chi connectivity index (χ0v) is 11.1. The molecule has 6 nitrogen and oxygen atoms in total. The molecule has 0 unspecified atom stereocenters. The molecule has 4 N–H and O–H groups in total. The summed E-state index contributed by atoms with van der Waals surface area (Å²) in [6, 6.07) is 6.13. The average molecular weight is 265 g/mol. The fourth-order valence-electron chi connectivity index (χ4n) is 1.40. The van der Waals surface area contributed by atoms with Crippen molar-refractivity contribution in [1.29, 1.82) is 0 Å². The fourth-order valence-corrected chi connectivity index (χ4v) is 1.40. The summed E-state index contributed by atoms with van der Waals surface area (Å²) < 4.78 is 4.85. The Balaban J connectivity index is 2.77. The Hall–Kier alpha value is -1.92. The Morgan fingerprint density at radius 3 is 2.68 bits per heavy atom. The van der Waals surface area contributed by atoms with Crippen LogP contribution in [-0.2, 0) is 9.53 Å². The summed E-state index contributed by atoms with van der Waals surface area (Å²) in [6.45, 7) is 2.42. The highest BCUT2D eigenvalue weighted by molar-refractivity contribution is 6.04. The van der Waals surface area contributed by atoms with E-state index >= 15 is 0 Å². The van der Waals surface area contributed by atoms with Gasteiger partial charge >= 0.3 is 0 Å². The van der Waals surface area contributed by atoms with Crippen LogP contribution in [0, 0.1) is 0 Å². The van der Waals surface area contributed by atoms with E-state index in [2.05, 4.69) is 10.6 Å². The number of nitrogens with two attached hydrogens (primary N) is 1. The highest BCUT2D eigenvalue weighted by atomic mass is 16.5. The van der Waals surface area contributed by atoms with Crippen LogP contribution in [0.5, 0.6) is 0 Å². The van der Waals surface area contributed by atoms with Crippen LogP contribution < -0.4 is 16.4 Å². The predicted molar refractivity (Wildman–Crippen MR) is 72.9 cm³/mol. The zero-order valence-electron chi connectivity index (χ0n) is 11.1. The third kappa shape index (κ3) is 4.69. The van der Waals surface area contributed by atoms with Crippen LogP contribution in [0.1, 0.15) is 17.3 Å². The first-order valence-electron chi connectivity index (χ1n) is 5.99. The number of rotatable bonds is 6. The largest absolute Gasteiger partial charge is 0.383 e. The van der Waals surface area contributed by atoms with Gasteiger partial charge in [-0.1, -0.05) is 12.1 Å². The van der Waals surface area contributed by atoms with Crippen molar-refractivity contribution >= 4 is 17.5 Å². The molecule has 19 heavy (non-hydrogen) atoms. The summed E-state index contributed by atoms with van der Waals surface area (Å²) in [4.78, 5) is 23.5. The lowest BCUT2D eigenvalue weighted by atomic mass is 10.1.